The van der Waals surface area contributed by atoms with Crippen LogP contribution in [0.15, 0.2) is 0 Å². The summed E-state index contributed by atoms with van der Waals surface area (Å²) >= 11 is 1.40. The molecule has 0 bridgehead atoms. The molecule has 1 aromatic heterocycles. The summed E-state index contributed by atoms with van der Waals surface area (Å²) in [5.74, 6) is 0.176. The Labute approximate surface area is 133 Å². The van der Waals surface area contributed by atoms with Crippen molar-refractivity contribution in [3.05, 3.63) is 0 Å². The number of carbonyl (C=O) groups is 2. The van der Waals surface area contributed by atoms with Crippen molar-refractivity contribution in [1.82, 2.24) is 15.5 Å². The Balaban J connectivity index is 1.71. The first kappa shape index (κ1) is 15.2. The number of aromatic nitrogens is 2. The predicted octanol–water partition coefficient (Wildman–Crippen LogP) is 1.16. The van der Waals surface area contributed by atoms with Crippen molar-refractivity contribution in [2.24, 2.45) is 0 Å². The van der Waals surface area contributed by atoms with Gasteiger partial charge >= 0.3 is 0 Å². The average molecular weight is 323 g/mol. The van der Waals surface area contributed by atoms with Gasteiger partial charge in [-0.3, -0.25) is 14.5 Å². The fraction of sp³-hybridized carbons (Fsp3) is 0.714. The first-order chi connectivity index (χ1) is 10.7. The first-order valence-electron chi connectivity index (χ1n) is 7.89. The van der Waals surface area contributed by atoms with E-state index in [0.29, 0.717) is 24.6 Å². The molecule has 1 N–H and O–H groups in total. The molecule has 22 heavy (non-hydrogen) atoms. The van der Waals surface area contributed by atoms with E-state index in [1.807, 2.05) is 11.8 Å². The maximum atomic E-state index is 12.2. The third-order valence-electron chi connectivity index (χ3n) is 4.06. The van der Waals surface area contributed by atoms with Crippen molar-refractivity contribution in [1.29, 1.82) is 0 Å². The molecule has 0 saturated carbocycles. The van der Waals surface area contributed by atoms with Crippen LogP contribution in [0.1, 0.15) is 39.0 Å². The smallest absolute Gasteiger partial charge is 0.242 e. The highest BCUT2D eigenvalue weighted by molar-refractivity contribution is 7.19. The van der Waals surface area contributed by atoms with Crippen LogP contribution < -0.4 is 15.1 Å². The Hall–Kier alpha value is -1.70. The summed E-state index contributed by atoms with van der Waals surface area (Å²) in [5, 5.41) is 12.7. The van der Waals surface area contributed by atoms with Gasteiger partial charge in [0.05, 0.1) is 0 Å². The van der Waals surface area contributed by atoms with Crippen molar-refractivity contribution in [2.75, 3.05) is 29.4 Å². The van der Waals surface area contributed by atoms with Gasteiger partial charge in [-0.2, -0.15) is 0 Å². The molecule has 0 aromatic carbocycles. The van der Waals surface area contributed by atoms with Gasteiger partial charge in [0, 0.05) is 26.1 Å². The highest BCUT2D eigenvalue weighted by Gasteiger charge is 2.34. The van der Waals surface area contributed by atoms with Gasteiger partial charge in [0.15, 0.2) is 0 Å². The normalized spacial score (nSPS) is 21.7. The number of amides is 2. The number of nitrogens with zero attached hydrogens (tertiary/aromatic N) is 4. The zero-order valence-electron chi connectivity index (χ0n) is 12.7. The molecule has 2 saturated heterocycles. The molecular formula is C14H21N5O2S. The number of carbonyl (C=O) groups excluding carboxylic acids is 2. The second-order valence-corrected chi connectivity index (χ2v) is 6.59. The molecule has 2 amide bonds. The molecule has 1 aromatic rings. The molecule has 2 fully saturated rings. The number of nitrogens with one attached hydrogen (secondary N) is 1. The number of hydrogen-bond donors (Lipinski definition) is 1. The molecule has 1 atom stereocenters. The van der Waals surface area contributed by atoms with Gasteiger partial charge in [-0.25, -0.2) is 0 Å². The minimum absolute atomic E-state index is 0.0633. The topological polar surface area (TPSA) is 78.4 Å². The Morgan fingerprint density at radius 3 is 2.86 bits per heavy atom. The van der Waals surface area contributed by atoms with Crippen molar-refractivity contribution < 1.29 is 9.59 Å². The van der Waals surface area contributed by atoms with E-state index in [0.717, 1.165) is 37.4 Å². The summed E-state index contributed by atoms with van der Waals surface area (Å²) in [6.45, 7) is 4.27. The van der Waals surface area contributed by atoms with Crippen LogP contribution in [0.25, 0.3) is 0 Å². The predicted molar refractivity (Wildman–Crippen MR) is 85.2 cm³/mol. The number of hydrogen-bond acceptors (Lipinski definition) is 6. The van der Waals surface area contributed by atoms with E-state index in [-0.39, 0.29) is 17.9 Å². The van der Waals surface area contributed by atoms with Crippen LogP contribution in [0.5, 0.6) is 0 Å². The lowest BCUT2D eigenvalue weighted by atomic mass is 10.2. The largest absolute Gasteiger partial charge is 0.354 e. The Bertz CT molecular complexity index is 561. The second-order valence-electron chi connectivity index (χ2n) is 5.66. The lowest BCUT2D eigenvalue weighted by Gasteiger charge is -2.22. The summed E-state index contributed by atoms with van der Waals surface area (Å²) in [4.78, 5) is 27.7. The summed E-state index contributed by atoms with van der Waals surface area (Å²) in [7, 11) is 0. The van der Waals surface area contributed by atoms with Gasteiger partial charge in [0.2, 0.25) is 22.1 Å². The standard InChI is InChI=1S/C14H21N5O2S/c1-2-7-15-12(21)10-5-3-8-18(10)13-16-17-14(22-13)19-9-4-6-11(19)20/h10H,2-9H2,1H3,(H,15,21)/t10-/m0/s1. The average Bonchev–Trinajstić information content (AvgIpc) is 3.23. The zero-order valence-corrected chi connectivity index (χ0v) is 13.6. The highest BCUT2D eigenvalue weighted by atomic mass is 32.1. The summed E-state index contributed by atoms with van der Waals surface area (Å²) in [6, 6.07) is -0.165. The summed E-state index contributed by atoms with van der Waals surface area (Å²) in [6.07, 6.45) is 4.20. The van der Waals surface area contributed by atoms with E-state index in [1.54, 1.807) is 4.90 Å². The fourth-order valence-electron chi connectivity index (χ4n) is 2.92. The maximum absolute atomic E-state index is 12.2. The van der Waals surface area contributed by atoms with Crippen LogP contribution >= 0.6 is 11.3 Å². The molecule has 120 valence electrons. The number of anilines is 2. The first-order valence-corrected chi connectivity index (χ1v) is 8.70. The van der Waals surface area contributed by atoms with Crippen molar-refractivity contribution >= 4 is 33.4 Å². The zero-order chi connectivity index (χ0) is 15.5. The lowest BCUT2D eigenvalue weighted by Crippen LogP contribution is -2.43. The van der Waals surface area contributed by atoms with Gasteiger partial charge in [0.1, 0.15) is 6.04 Å². The molecule has 3 heterocycles. The van der Waals surface area contributed by atoms with Crippen molar-refractivity contribution in [3.63, 3.8) is 0 Å². The number of rotatable bonds is 5. The molecule has 0 unspecified atom stereocenters. The highest BCUT2D eigenvalue weighted by Crippen LogP contribution is 2.33. The van der Waals surface area contributed by atoms with Gasteiger partial charge in [0.25, 0.3) is 0 Å². The van der Waals surface area contributed by atoms with E-state index < -0.39 is 0 Å². The molecule has 3 rings (SSSR count). The van der Waals surface area contributed by atoms with Crippen LogP contribution in [0.4, 0.5) is 10.3 Å². The molecule has 0 radical (unpaired) electrons. The lowest BCUT2D eigenvalue weighted by molar-refractivity contribution is -0.122. The molecular weight excluding hydrogens is 302 g/mol. The van der Waals surface area contributed by atoms with E-state index in [9.17, 15) is 9.59 Å². The van der Waals surface area contributed by atoms with Crippen LogP contribution in [0, 0.1) is 0 Å². The minimum Gasteiger partial charge on any atom is -0.354 e. The fourth-order valence-corrected chi connectivity index (χ4v) is 3.88. The molecule has 8 heteroatoms. The Morgan fingerprint density at radius 1 is 1.32 bits per heavy atom. The van der Waals surface area contributed by atoms with Gasteiger partial charge in [-0.15, -0.1) is 10.2 Å². The minimum atomic E-state index is -0.165. The molecule has 2 aliphatic rings. The van der Waals surface area contributed by atoms with Crippen molar-refractivity contribution in [3.8, 4) is 0 Å². The SMILES string of the molecule is CCCNC(=O)[C@@H]1CCCN1c1nnc(N2CCCC2=O)s1. The van der Waals surface area contributed by atoms with E-state index in [4.69, 9.17) is 0 Å². The Morgan fingerprint density at radius 2 is 2.14 bits per heavy atom. The monoisotopic (exact) mass is 323 g/mol. The van der Waals surface area contributed by atoms with Gasteiger partial charge in [-0.1, -0.05) is 18.3 Å². The second kappa shape index (κ2) is 6.60. The van der Waals surface area contributed by atoms with Crippen LogP contribution in [-0.4, -0.2) is 47.7 Å². The molecule has 0 spiro atoms. The van der Waals surface area contributed by atoms with Crippen LogP contribution in [0.2, 0.25) is 0 Å². The molecule has 2 aliphatic heterocycles. The van der Waals surface area contributed by atoms with Crippen molar-refractivity contribution in [2.45, 2.75) is 45.1 Å². The summed E-state index contributed by atoms with van der Waals surface area (Å²) < 4.78 is 0. The van der Waals surface area contributed by atoms with Crippen LogP contribution in [-0.2, 0) is 9.59 Å². The Kier molecular flexibility index (Phi) is 4.56. The quantitative estimate of drug-likeness (QED) is 0.880. The van der Waals surface area contributed by atoms with E-state index in [2.05, 4.69) is 15.5 Å². The third-order valence-corrected chi connectivity index (χ3v) is 5.04. The van der Waals surface area contributed by atoms with Gasteiger partial charge < -0.3 is 10.2 Å². The summed E-state index contributed by atoms with van der Waals surface area (Å²) in [5.41, 5.74) is 0. The van der Waals surface area contributed by atoms with Crippen LogP contribution in [0.3, 0.4) is 0 Å². The molecule has 7 nitrogen and oxygen atoms in total. The third kappa shape index (κ3) is 2.92. The van der Waals surface area contributed by atoms with E-state index in [1.165, 1.54) is 11.3 Å². The van der Waals surface area contributed by atoms with E-state index >= 15 is 0 Å². The maximum Gasteiger partial charge on any atom is 0.242 e. The molecule has 0 aliphatic carbocycles. The van der Waals surface area contributed by atoms with Gasteiger partial charge in [-0.05, 0) is 25.7 Å².